The number of furan rings is 1. The SMILES string of the molecule is C=CCNC(=NCc1ccn(C2CCCC2)n1)NCCc1ccco1.I. The van der Waals surface area contributed by atoms with Crippen molar-refractivity contribution in [2.45, 2.75) is 44.7 Å². The van der Waals surface area contributed by atoms with Crippen molar-refractivity contribution in [2.24, 2.45) is 4.99 Å². The van der Waals surface area contributed by atoms with Gasteiger partial charge in [-0.1, -0.05) is 18.9 Å². The molecule has 2 heterocycles. The Morgan fingerprint density at radius 3 is 2.92 bits per heavy atom. The van der Waals surface area contributed by atoms with E-state index in [1.54, 1.807) is 6.26 Å². The Labute approximate surface area is 172 Å². The molecule has 1 aliphatic rings. The number of nitrogens with zero attached hydrogens (tertiary/aromatic N) is 3. The number of guanidine groups is 1. The third-order valence-corrected chi connectivity index (χ3v) is 4.42. The Hall–Kier alpha value is -1.77. The number of hydrogen-bond donors (Lipinski definition) is 2. The molecule has 3 rings (SSSR count). The Bertz CT molecular complexity index is 674. The minimum Gasteiger partial charge on any atom is -0.469 e. The molecule has 0 atom stereocenters. The average Bonchev–Trinajstić information content (AvgIpc) is 3.38. The molecular formula is C19H28IN5O. The molecule has 0 bridgehead atoms. The van der Waals surface area contributed by atoms with Crippen molar-refractivity contribution >= 4 is 29.9 Å². The summed E-state index contributed by atoms with van der Waals surface area (Å²) in [5.41, 5.74) is 0.998. The summed E-state index contributed by atoms with van der Waals surface area (Å²) in [5, 5.41) is 11.2. The van der Waals surface area contributed by atoms with E-state index in [9.17, 15) is 0 Å². The van der Waals surface area contributed by atoms with E-state index >= 15 is 0 Å². The molecule has 142 valence electrons. The lowest BCUT2D eigenvalue weighted by Gasteiger charge is -2.11. The third kappa shape index (κ3) is 6.19. The molecule has 0 spiro atoms. The fourth-order valence-electron chi connectivity index (χ4n) is 3.10. The quantitative estimate of drug-likeness (QED) is 0.268. The van der Waals surface area contributed by atoms with Crippen LogP contribution in [0.15, 0.2) is 52.7 Å². The number of rotatable bonds is 8. The second-order valence-electron chi connectivity index (χ2n) is 6.32. The first kappa shape index (κ1) is 20.5. The Morgan fingerprint density at radius 1 is 1.35 bits per heavy atom. The van der Waals surface area contributed by atoms with Gasteiger partial charge in [0.25, 0.3) is 0 Å². The molecule has 0 radical (unpaired) electrons. The number of aromatic nitrogens is 2. The average molecular weight is 469 g/mol. The van der Waals surface area contributed by atoms with Crippen LogP contribution in [0, 0.1) is 0 Å². The first-order chi connectivity index (χ1) is 12.3. The molecule has 1 fully saturated rings. The molecule has 0 aliphatic heterocycles. The van der Waals surface area contributed by atoms with Crippen molar-refractivity contribution in [1.29, 1.82) is 0 Å². The Morgan fingerprint density at radius 2 is 2.19 bits per heavy atom. The molecule has 1 saturated carbocycles. The van der Waals surface area contributed by atoms with Crippen molar-refractivity contribution in [2.75, 3.05) is 13.1 Å². The van der Waals surface area contributed by atoms with Gasteiger partial charge >= 0.3 is 0 Å². The maximum absolute atomic E-state index is 5.35. The molecule has 6 nitrogen and oxygen atoms in total. The van der Waals surface area contributed by atoms with Gasteiger partial charge < -0.3 is 15.1 Å². The van der Waals surface area contributed by atoms with E-state index in [4.69, 9.17) is 4.42 Å². The van der Waals surface area contributed by atoms with Crippen LogP contribution in [-0.2, 0) is 13.0 Å². The van der Waals surface area contributed by atoms with Crippen LogP contribution in [-0.4, -0.2) is 28.8 Å². The lowest BCUT2D eigenvalue weighted by Crippen LogP contribution is -2.38. The smallest absolute Gasteiger partial charge is 0.191 e. The van der Waals surface area contributed by atoms with Crippen LogP contribution in [0.2, 0.25) is 0 Å². The second-order valence-corrected chi connectivity index (χ2v) is 6.32. The summed E-state index contributed by atoms with van der Waals surface area (Å²) in [6.07, 6.45) is 11.5. The highest BCUT2D eigenvalue weighted by atomic mass is 127. The number of nitrogens with one attached hydrogen (secondary N) is 2. The zero-order valence-electron chi connectivity index (χ0n) is 15.1. The van der Waals surface area contributed by atoms with Crippen molar-refractivity contribution in [3.8, 4) is 0 Å². The van der Waals surface area contributed by atoms with E-state index in [2.05, 4.69) is 44.2 Å². The van der Waals surface area contributed by atoms with Gasteiger partial charge in [0.15, 0.2) is 5.96 Å². The van der Waals surface area contributed by atoms with Gasteiger partial charge in [0, 0.05) is 25.7 Å². The van der Waals surface area contributed by atoms with Gasteiger partial charge in [0.1, 0.15) is 5.76 Å². The van der Waals surface area contributed by atoms with Gasteiger partial charge in [-0.3, -0.25) is 4.68 Å². The van der Waals surface area contributed by atoms with Crippen LogP contribution in [0.1, 0.15) is 43.2 Å². The summed E-state index contributed by atoms with van der Waals surface area (Å²) in [5.74, 6) is 1.73. The van der Waals surface area contributed by atoms with Crippen LogP contribution in [0.25, 0.3) is 0 Å². The van der Waals surface area contributed by atoms with E-state index in [1.807, 2.05) is 18.2 Å². The largest absolute Gasteiger partial charge is 0.469 e. The number of hydrogen-bond acceptors (Lipinski definition) is 3. The minimum absolute atomic E-state index is 0. The molecule has 0 saturated heterocycles. The van der Waals surface area contributed by atoms with Crippen molar-refractivity contribution in [1.82, 2.24) is 20.4 Å². The van der Waals surface area contributed by atoms with Crippen LogP contribution in [0.5, 0.6) is 0 Å². The van der Waals surface area contributed by atoms with Crippen LogP contribution in [0.4, 0.5) is 0 Å². The first-order valence-electron chi connectivity index (χ1n) is 9.04. The molecule has 2 aromatic heterocycles. The molecule has 0 amide bonds. The highest BCUT2D eigenvalue weighted by molar-refractivity contribution is 14.0. The summed E-state index contributed by atoms with van der Waals surface area (Å²) < 4.78 is 7.46. The Balaban J connectivity index is 0.00000243. The standard InChI is InChI=1S/C19H27N5O.HI/c1-2-11-20-19(21-12-9-18-8-5-14-25-18)22-15-16-10-13-24(23-16)17-6-3-4-7-17;/h2,5,8,10,13-14,17H,1,3-4,6-7,9,11-12,15H2,(H2,20,21,22);1H. The monoisotopic (exact) mass is 469 g/mol. The fraction of sp³-hybridized carbons (Fsp3) is 0.474. The summed E-state index contributed by atoms with van der Waals surface area (Å²) in [6.45, 7) is 5.73. The predicted octanol–water partition coefficient (Wildman–Crippen LogP) is 3.67. The zero-order valence-corrected chi connectivity index (χ0v) is 17.4. The maximum Gasteiger partial charge on any atom is 0.191 e. The van der Waals surface area contributed by atoms with Gasteiger partial charge in [-0.15, -0.1) is 30.6 Å². The Kier molecular flexibility index (Phi) is 8.73. The minimum atomic E-state index is 0. The van der Waals surface area contributed by atoms with Gasteiger partial charge in [0.2, 0.25) is 0 Å². The maximum atomic E-state index is 5.35. The van der Waals surface area contributed by atoms with Gasteiger partial charge in [-0.05, 0) is 31.0 Å². The van der Waals surface area contributed by atoms with Crippen LogP contribution in [0.3, 0.4) is 0 Å². The second kappa shape index (κ2) is 11.1. The topological polar surface area (TPSA) is 67.4 Å². The van der Waals surface area contributed by atoms with E-state index in [0.29, 0.717) is 19.1 Å². The molecule has 1 aliphatic carbocycles. The van der Waals surface area contributed by atoms with Crippen LogP contribution < -0.4 is 10.6 Å². The van der Waals surface area contributed by atoms with Crippen molar-refractivity contribution < 1.29 is 4.42 Å². The highest BCUT2D eigenvalue weighted by Gasteiger charge is 2.17. The van der Waals surface area contributed by atoms with Gasteiger partial charge in [-0.2, -0.15) is 5.10 Å². The molecule has 2 N–H and O–H groups in total. The lowest BCUT2D eigenvalue weighted by molar-refractivity contribution is 0.463. The molecule has 0 unspecified atom stereocenters. The molecule has 26 heavy (non-hydrogen) atoms. The fourth-order valence-corrected chi connectivity index (χ4v) is 3.10. The van der Waals surface area contributed by atoms with E-state index < -0.39 is 0 Å². The third-order valence-electron chi connectivity index (χ3n) is 4.42. The highest BCUT2D eigenvalue weighted by Crippen LogP contribution is 2.28. The molecular weight excluding hydrogens is 441 g/mol. The van der Waals surface area contributed by atoms with Crippen molar-refractivity contribution in [3.05, 3.63) is 54.8 Å². The van der Waals surface area contributed by atoms with Gasteiger partial charge in [-0.25, -0.2) is 4.99 Å². The molecule has 2 aromatic rings. The summed E-state index contributed by atoms with van der Waals surface area (Å²) in [6, 6.07) is 6.52. The molecule has 0 aromatic carbocycles. The summed E-state index contributed by atoms with van der Waals surface area (Å²) in [4.78, 5) is 4.63. The lowest BCUT2D eigenvalue weighted by atomic mass is 10.3. The van der Waals surface area contributed by atoms with E-state index in [-0.39, 0.29) is 24.0 Å². The van der Waals surface area contributed by atoms with Crippen LogP contribution >= 0.6 is 24.0 Å². The number of aliphatic imine (C=N–C) groups is 1. The zero-order chi connectivity index (χ0) is 17.3. The number of halogens is 1. The predicted molar refractivity (Wildman–Crippen MR) is 115 cm³/mol. The first-order valence-corrected chi connectivity index (χ1v) is 9.04. The van der Waals surface area contributed by atoms with E-state index in [1.165, 1.54) is 25.7 Å². The normalized spacial score (nSPS) is 14.8. The van der Waals surface area contributed by atoms with Gasteiger partial charge in [0.05, 0.1) is 24.5 Å². The molecule has 7 heteroatoms. The summed E-state index contributed by atoms with van der Waals surface area (Å²) >= 11 is 0. The van der Waals surface area contributed by atoms with E-state index in [0.717, 1.165) is 30.4 Å². The summed E-state index contributed by atoms with van der Waals surface area (Å²) in [7, 11) is 0. The van der Waals surface area contributed by atoms with Crippen molar-refractivity contribution in [3.63, 3.8) is 0 Å².